The number of anilines is 2. The van der Waals surface area contributed by atoms with Gasteiger partial charge in [0, 0.05) is 56.9 Å². The first-order valence-electron chi connectivity index (χ1n) is 13.7. The molecule has 0 radical (unpaired) electrons. The number of carbonyl (C=O) groups excluding carboxylic acids is 2. The standard InChI is InChI=1S/C30H31ClF3N7O2/c31-23-5-3-21(14-24(23)33)38-28(42)29(43)39-27-19(15-37-30(35)36)12-18-11-17(1-4-22(18)27)16-40-7-9-41(10-8-40)26-6-2-20(32)13-25(26)34/h1-6,11,13-14,19,27H,7-10,12,15-16H2,(H,38,42)(H,39,43)(H4,35,36,37)/t19-,27-/m1/s1. The van der Waals surface area contributed by atoms with E-state index >= 15 is 0 Å². The lowest BCUT2D eigenvalue weighted by molar-refractivity contribution is -0.136. The van der Waals surface area contributed by atoms with Crippen molar-refractivity contribution in [1.82, 2.24) is 10.2 Å². The fraction of sp³-hybridized carbons (Fsp3) is 0.300. The molecule has 2 atom stereocenters. The maximum Gasteiger partial charge on any atom is 0.313 e. The van der Waals surface area contributed by atoms with Crippen LogP contribution in [-0.4, -0.2) is 55.4 Å². The smallest absolute Gasteiger partial charge is 0.313 e. The van der Waals surface area contributed by atoms with Crippen LogP contribution in [0.1, 0.15) is 22.7 Å². The van der Waals surface area contributed by atoms with Gasteiger partial charge in [0.1, 0.15) is 17.5 Å². The summed E-state index contributed by atoms with van der Waals surface area (Å²) in [6.07, 6.45) is 0.576. The second-order valence-electron chi connectivity index (χ2n) is 10.7. The third-order valence-electron chi connectivity index (χ3n) is 7.70. The minimum absolute atomic E-state index is 0.0797. The number of nitrogens with one attached hydrogen (secondary N) is 2. The van der Waals surface area contributed by atoms with Gasteiger partial charge in [-0.15, -0.1) is 0 Å². The Kier molecular flexibility index (Phi) is 9.07. The van der Waals surface area contributed by atoms with E-state index in [1.54, 1.807) is 0 Å². The molecule has 3 aromatic carbocycles. The first-order valence-corrected chi connectivity index (χ1v) is 14.1. The number of hydrogen-bond acceptors (Lipinski definition) is 5. The molecule has 5 rings (SSSR count). The summed E-state index contributed by atoms with van der Waals surface area (Å²) in [5, 5.41) is 5.07. The Morgan fingerprint density at radius 3 is 2.40 bits per heavy atom. The Balaban J connectivity index is 1.24. The molecule has 0 saturated carbocycles. The van der Waals surface area contributed by atoms with Crippen LogP contribution >= 0.6 is 11.6 Å². The Morgan fingerprint density at radius 1 is 0.930 bits per heavy atom. The number of benzene rings is 3. The molecule has 1 aliphatic carbocycles. The Labute approximate surface area is 251 Å². The monoisotopic (exact) mass is 613 g/mol. The van der Waals surface area contributed by atoms with E-state index in [1.165, 1.54) is 24.3 Å². The van der Waals surface area contributed by atoms with Gasteiger partial charge in [-0.05, 0) is 53.4 Å². The molecule has 0 unspecified atom stereocenters. The predicted molar refractivity (Wildman–Crippen MR) is 159 cm³/mol. The minimum atomic E-state index is -0.952. The Morgan fingerprint density at radius 2 is 1.70 bits per heavy atom. The van der Waals surface area contributed by atoms with Gasteiger partial charge >= 0.3 is 11.8 Å². The summed E-state index contributed by atoms with van der Waals surface area (Å²) < 4.78 is 41.3. The van der Waals surface area contributed by atoms with Crippen LogP contribution in [0.25, 0.3) is 0 Å². The lowest BCUT2D eigenvalue weighted by Crippen LogP contribution is -2.46. The molecule has 2 aliphatic rings. The summed E-state index contributed by atoms with van der Waals surface area (Å²) in [5.74, 6) is -4.01. The van der Waals surface area contributed by atoms with E-state index in [2.05, 4.69) is 26.6 Å². The van der Waals surface area contributed by atoms with E-state index in [0.717, 1.165) is 28.8 Å². The van der Waals surface area contributed by atoms with E-state index in [0.29, 0.717) is 44.8 Å². The second-order valence-corrected chi connectivity index (χ2v) is 11.1. The molecule has 1 aliphatic heterocycles. The Hall–Kier alpha value is -4.29. The number of rotatable bonds is 7. The SMILES string of the molecule is NC(N)=NC[C@H]1Cc2cc(CN3CCN(c4ccc(F)cc4F)CC3)ccc2[C@@H]1NC(=O)C(=O)Nc1ccc(Cl)c(F)c1. The number of piperazine rings is 1. The summed E-state index contributed by atoms with van der Waals surface area (Å²) >= 11 is 5.69. The molecule has 6 N–H and O–H groups in total. The average Bonchev–Trinajstić information content (AvgIpc) is 3.30. The molecule has 0 bridgehead atoms. The van der Waals surface area contributed by atoms with Gasteiger partial charge in [-0.25, -0.2) is 13.2 Å². The molecule has 1 saturated heterocycles. The van der Waals surface area contributed by atoms with Crippen LogP contribution < -0.4 is 27.0 Å². The molecule has 1 fully saturated rings. The number of guanidine groups is 1. The third kappa shape index (κ3) is 7.20. The van der Waals surface area contributed by atoms with Gasteiger partial charge in [0.25, 0.3) is 0 Å². The zero-order valence-corrected chi connectivity index (χ0v) is 23.9. The molecule has 0 aromatic heterocycles. The molecule has 9 nitrogen and oxygen atoms in total. The van der Waals surface area contributed by atoms with Gasteiger partial charge in [0.2, 0.25) is 0 Å². The van der Waals surface area contributed by atoms with Crippen LogP contribution in [0.5, 0.6) is 0 Å². The highest BCUT2D eigenvalue weighted by molar-refractivity contribution is 6.39. The van der Waals surface area contributed by atoms with Crippen LogP contribution in [0.15, 0.2) is 59.6 Å². The number of aliphatic imine (C=N–C) groups is 1. The summed E-state index contributed by atoms with van der Waals surface area (Å²) in [6, 6.07) is 12.8. The average molecular weight is 614 g/mol. The highest BCUT2D eigenvalue weighted by Crippen LogP contribution is 2.37. The number of hydrogen-bond donors (Lipinski definition) is 4. The van der Waals surface area contributed by atoms with Gasteiger partial charge in [0.05, 0.1) is 16.8 Å². The number of amides is 2. The molecule has 2 amide bonds. The van der Waals surface area contributed by atoms with E-state index in [-0.39, 0.29) is 29.1 Å². The molecule has 3 aromatic rings. The normalized spacial score (nSPS) is 18.2. The summed E-state index contributed by atoms with van der Waals surface area (Å²) in [5.41, 5.74) is 14.5. The van der Waals surface area contributed by atoms with Crippen molar-refractivity contribution in [3.8, 4) is 0 Å². The fourth-order valence-electron chi connectivity index (χ4n) is 5.59. The molecule has 0 spiro atoms. The van der Waals surface area contributed by atoms with Crippen molar-refractivity contribution in [3.63, 3.8) is 0 Å². The number of halogens is 4. The van der Waals surface area contributed by atoms with Crippen molar-refractivity contribution in [2.75, 3.05) is 42.9 Å². The Bertz CT molecular complexity index is 1560. The lowest BCUT2D eigenvalue weighted by Gasteiger charge is -2.36. The molecule has 43 heavy (non-hydrogen) atoms. The van der Waals surface area contributed by atoms with Crippen LogP contribution in [-0.2, 0) is 22.6 Å². The second kappa shape index (κ2) is 12.9. The van der Waals surface area contributed by atoms with Gasteiger partial charge in [0.15, 0.2) is 5.96 Å². The fourth-order valence-corrected chi connectivity index (χ4v) is 5.71. The summed E-state index contributed by atoms with van der Waals surface area (Å²) in [6.45, 7) is 3.52. The minimum Gasteiger partial charge on any atom is -0.370 e. The van der Waals surface area contributed by atoms with Crippen molar-refractivity contribution in [2.24, 2.45) is 22.4 Å². The largest absolute Gasteiger partial charge is 0.370 e. The molecular weight excluding hydrogens is 583 g/mol. The van der Waals surface area contributed by atoms with Crippen molar-refractivity contribution >= 4 is 40.7 Å². The molecule has 13 heteroatoms. The highest BCUT2D eigenvalue weighted by Gasteiger charge is 2.35. The predicted octanol–water partition coefficient (Wildman–Crippen LogP) is 3.32. The van der Waals surface area contributed by atoms with Crippen molar-refractivity contribution in [3.05, 3.63) is 93.8 Å². The maximum absolute atomic E-state index is 14.2. The van der Waals surface area contributed by atoms with Gasteiger partial charge in [-0.3, -0.25) is 19.5 Å². The molecule has 1 heterocycles. The van der Waals surface area contributed by atoms with Crippen molar-refractivity contribution in [2.45, 2.75) is 19.0 Å². The molecule has 226 valence electrons. The van der Waals surface area contributed by atoms with E-state index in [9.17, 15) is 22.8 Å². The van der Waals surface area contributed by atoms with E-state index < -0.39 is 35.3 Å². The molecular formula is C30H31ClF3N7O2. The highest BCUT2D eigenvalue weighted by atomic mass is 35.5. The van der Waals surface area contributed by atoms with Crippen LogP contribution in [0.2, 0.25) is 5.02 Å². The third-order valence-corrected chi connectivity index (χ3v) is 8.01. The zero-order chi connectivity index (χ0) is 30.7. The van der Waals surface area contributed by atoms with Crippen LogP contribution in [0, 0.1) is 23.4 Å². The number of nitrogens with zero attached hydrogens (tertiary/aromatic N) is 3. The van der Waals surface area contributed by atoms with E-state index in [1.807, 2.05) is 17.0 Å². The van der Waals surface area contributed by atoms with Gasteiger partial charge in [-0.1, -0.05) is 29.8 Å². The van der Waals surface area contributed by atoms with Gasteiger partial charge < -0.3 is 27.0 Å². The van der Waals surface area contributed by atoms with Crippen LogP contribution in [0.3, 0.4) is 0 Å². The quantitative estimate of drug-likeness (QED) is 0.184. The number of nitrogens with two attached hydrogens (primary N) is 2. The van der Waals surface area contributed by atoms with Gasteiger partial charge in [-0.2, -0.15) is 0 Å². The first-order chi connectivity index (χ1) is 20.6. The lowest BCUT2D eigenvalue weighted by atomic mass is 10.00. The number of fused-ring (bicyclic) bond motifs is 1. The summed E-state index contributed by atoms with van der Waals surface area (Å²) in [4.78, 5) is 33.8. The van der Waals surface area contributed by atoms with E-state index in [4.69, 9.17) is 23.1 Å². The number of carbonyl (C=O) groups is 2. The maximum atomic E-state index is 14.2. The topological polar surface area (TPSA) is 129 Å². The van der Waals surface area contributed by atoms with Crippen molar-refractivity contribution < 1.29 is 22.8 Å². The zero-order valence-electron chi connectivity index (χ0n) is 23.1. The first kappa shape index (κ1) is 30.2. The summed E-state index contributed by atoms with van der Waals surface area (Å²) in [7, 11) is 0. The van der Waals surface area contributed by atoms with Crippen molar-refractivity contribution in [1.29, 1.82) is 0 Å². The van der Waals surface area contributed by atoms with Crippen LogP contribution in [0.4, 0.5) is 24.5 Å².